The van der Waals surface area contributed by atoms with E-state index in [1.807, 2.05) is 13.0 Å². The number of anilines is 1. The van der Waals surface area contributed by atoms with E-state index in [0.29, 0.717) is 16.7 Å². The number of terminal acetylenes is 1. The summed E-state index contributed by atoms with van der Waals surface area (Å²) in [7, 11) is 0. The molecule has 4 nitrogen and oxygen atoms in total. The number of fused-ring (bicyclic) bond motifs is 1. The van der Waals surface area contributed by atoms with Crippen molar-refractivity contribution in [3.05, 3.63) is 35.9 Å². The molecule has 2 aromatic rings. The van der Waals surface area contributed by atoms with Crippen molar-refractivity contribution >= 4 is 22.7 Å². The zero-order valence-corrected chi connectivity index (χ0v) is 10.6. The fourth-order valence-corrected chi connectivity index (χ4v) is 1.87. The van der Waals surface area contributed by atoms with E-state index in [1.165, 1.54) is 6.07 Å². The van der Waals surface area contributed by atoms with Crippen LogP contribution in [0.4, 0.5) is 5.82 Å². The Balaban J connectivity index is 2.53. The number of aromatic nitrogens is 1. The maximum Gasteiger partial charge on any atom is 0.336 e. The molecule has 2 N–H and O–H groups in total. The first-order valence-electron chi connectivity index (χ1n) is 6.01. The van der Waals surface area contributed by atoms with Gasteiger partial charge in [-0.15, -0.1) is 6.42 Å². The van der Waals surface area contributed by atoms with Gasteiger partial charge < -0.3 is 10.4 Å². The van der Waals surface area contributed by atoms with Crippen LogP contribution in [0.3, 0.4) is 0 Å². The Kier molecular flexibility index (Phi) is 3.67. The van der Waals surface area contributed by atoms with Gasteiger partial charge in [0, 0.05) is 5.39 Å². The molecule has 1 aromatic heterocycles. The van der Waals surface area contributed by atoms with Gasteiger partial charge in [0.2, 0.25) is 0 Å². The minimum Gasteiger partial charge on any atom is -0.478 e. The topological polar surface area (TPSA) is 62.2 Å². The van der Waals surface area contributed by atoms with Crippen molar-refractivity contribution in [1.82, 2.24) is 4.98 Å². The molecule has 0 spiro atoms. The summed E-state index contributed by atoms with van der Waals surface area (Å²) in [5.74, 6) is 2.11. The van der Waals surface area contributed by atoms with Crippen LogP contribution >= 0.6 is 0 Å². The first-order chi connectivity index (χ1) is 9.15. The molecule has 2 rings (SSSR count). The molecule has 0 saturated carbocycles. The first-order valence-corrected chi connectivity index (χ1v) is 6.01. The predicted octanol–water partition coefficient (Wildman–Crippen LogP) is 2.76. The smallest absolute Gasteiger partial charge is 0.336 e. The molecule has 0 saturated heterocycles. The van der Waals surface area contributed by atoms with Gasteiger partial charge in [-0.05, 0) is 18.6 Å². The number of pyridine rings is 1. The van der Waals surface area contributed by atoms with Gasteiger partial charge in [0.05, 0.1) is 17.1 Å². The second-order valence-corrected chi connectivity index (χ2v) is 4.15. The Bertz CT molecular complexity index is 659. The molecule has 0 radical (unpaired) electrons. The van der Waals surface area contributed by atoms with Crippen LogP contribution in [0.1, 0.15) is 23.7 Å². The van der Waals surface area contributed by atoms with Gasteiger partial charge in [-0.2, -0.15) is 0 Å². The molecular formula is C15H14N2O2. The molecular weight excluding hydrogens is 240 g/mol. The molecule has 0 aliphatic rings. The first kappa shape index (κ1) is 12.9. The zero-order valence-electron chi connectivity index (χ0n) is 10.6. The Morgan fingerprint density at radius 2 is 2.26 bits per heavy atom. The quantitative estimate of drug-likeness (QED) is 0.823. The number of hydrogen-bond acceptors (Lipinski definition) is 3. The van der Waals surface area contributed by atoms with Crippen LogP contribution in [-0.2, 0) is 0 Å². The Hall–Kier alpha value is -2.54. The number of nitrogens with one attached hydrogen (secondary N) is 1. The average molecular weight is 254 g/mol. The molecule has 1 atom stereocenters. The van der Waals surface area contributed by atoms with E-state index in [0.717, 1.165) is 6.42 Å². The summed E-state index contributed by atoms with van der Waals surface area (Å²) in [4.78, 5) is 15.7. The second-order valence-electron chi connectivity index (χ2n) is 4.15. The lowest BCUT2D eigenvalue weighted by Crippen LogP contribution is -2.17. The lowest BCUT2D eigenvalue weighted by Gasteiger charge is -2.13. The highest BCUT2D eigenvalue weighted by Crippen LogP contribution is 2.21. The summed E-state index contributed by atoms with van der Waals surface area (Å²) < 4.78 is 0. The van der Waals surface area contributed by atoms with Crippen LogP contribution < -0.4 is 5.32 Å². The van der Waals surface area contributed by atoms with E-state index in [1.54, 1.807) is 18.2 Å². The molecule has 96 valence electrons. The van der Waals surface area contributed by atoms with E-state index < -0.39 is 5.97 Å². The SMILES string of the molecule is C#CC(CC)Nc1cc(C(=O)O)c2ccccc2n1. The van der Waals surface area contributed by atoms with Gasteiger partial charge in [0.25, 0.3) is 0 Å². The molecule has 1 heterocycles. The molecule has 0 fully saturated rings. The van der Waals surface area contributed by atoms with Crippen molar-refractivity contribution < 1.29 is 9.90 Å². The summed E-state index contributed by atoms with van der Waals surface area (Å²) in [5, 5.41) is 12.9. The van der Waals surface area contributed by atoms with Crippen molar-refractivity contribution in [2.45, 2.75) is 19.4 Å². The molecule has 0 aliphatic carbocycles. The number of carboxylic acids is 1. The second kappa shape index (κ2) is 5.40. The average Bonchev–Trinajstić information content (AvgIpc) is 2.43. The monoisotopic (exact) mass is 254 g/mol. The van der Waals surface area contributed by atoms with Crippen LogP contribution in [0.5, 0.6) is 0 Å². The van der Waals surface area contributed by atoms with Crippen molar-refractivity contribution in [2.75, 3.05) is 5.32 Å². The van der Waals surface area contributed by atoms with E-state index in [2.05, 4.69) is 16.2 Å². The number of para-hydroxylation sites is 1. The van der Waals surface area contributed by atoms with Gasteiger partial charge in [-0.3, -0.25) is 0 Å². The maximum atomic E-state index is 11.3. The van der Waals surface area contributed by atoms with Crippen molar-refractivity contribution in [1.29, 1.82) is 0 Å². The van der Waals surface area contributed by atoms with Crippen molar-refractivity contribution in [2.24, 2.45) is 0 Å². The van der Waals surface area contributed by atoms with Crippen molar-refractivity contribution in [3.63, 3.8) is 0 Å². The van der Waals surface area contributed by atoms with Gasteiger partial charge in [-0.1, -0.05) is 31.0 Å². The minimum atomic E-state index is -0.976. The summed E-state index contributed by atoms with van der Waals surface area (Å²) in [6.07, 6.45) is 6.13. The number of aromatic carboxylic acids is 1. The Labute approximate surface area is 111 Å². The van der Waals surface area contributed by atoms with Crippen LogP contribution in [0, 0.1) is 12.3 Å². The molecule has 0 bridgehead atoms. The number of carboxylic acid groups (broad SMARTS) is 1. The number of carbonyl (C=O) groups is 1. The number of benzene rings is 1. The molecule has 0 aliphatic heterocycles. The van der Waals surface area contributed by atoms with E-state index >= 15 is 0 Å². The van der Waals surface area contributed by atoms with Crippen LogP contribution in [0.15, 0.2) is 30.3 Å². The lowest BCUT2D eigenvalue weighted by atomic mass is 10.1. The van der Waals surface area contributed by atoms with E-state index in [4.69, 9.17) is 6.42 Å². The van der Waals surface area contributed by atoms with Gasteiger partial charge in [0.1, 0.15) is 5.82 Å². The largest absolute Gasteiger partial charge is 0.478 e. The highest BCUT2D eigenvalue weighted by Gasteiger charge is 2.12. The lowest BCUT2D eigenvalue weighted by molar-refractivity contribution is 0.0699. The number of nitrogens with zero attached hydrogens (tertiary/aromatic N) is 1. The van der Waals surface area contributed by atoms with E-state index in [-0.39, 0.29) is 11.6 Å². The summed E-state index contributed by atoms with van der Waals surface area (Å²) >= 11 is 0. The zero-order chi connectivity index (χ0) is 13.8. The van der Waals surface area contributed by atoms with E-state index in [9.17, 15) is 9.90 Å². The third kappa shape index (κ3) is 2.66. The van der Waals surface area contributed by atoms with Gasteiger partial charge >= 0.3 is 5.97 Å². The predicted molar refractivity (Wildman–Crippen MR) is 75.2 cm³/mol. The van der Waals surface area contributed by atoms with Crippen LogP contribution in [0.2, 0.25) is 0 Å². The maximum absolute atomic E-state index is 11.3. The molecule has 1 unspecified atom stereocenters. The summed E-state index contributed by atoms with van der Waals surface area (Å²) in [5.41, 5.74) is 0.858. The number of hydrogen-bond donors (Lipinski definition) is 2. The standard InChI is InChI=1S/C15H14N2O2/c1-3-10(4-2)16-14-9-12(15(18)19)11-7-5-6-8-13(11)17-14/h1,5-10H,4H2,2H3,(H,16,17)(H,18,19). The van der Waals surface area contributed by atoms with Crippen LogP contribution in [-0.4, -0.2) is 22.1 Å². The summed E-state index contributed by atoms with van der Waals surface area (Å²) in [6, 6.07) is 8.50. The third-order valence-electron chi connectivity index (χ3n) is 2.88. The van der Waals surface area contributed by atoms with Gasteiger partial charge in [-0.25, -0.2) is 9.78 Å². The highest BCUT2D eigenvalue weighted by atomic mass is 16.4. The normalized spacial score (nSPS) is 11.8. The number of rotatable bonds is 4. The van der Waals surface area contributed by atoms with Gasteiger partial charge in [0.15, 0.2) is 0 Å². The molecule has 1 aromatic carbocycles. The fraction of sp³-hybridized carbons (Fsp3) is 0.200. The Morgan fingerprint density at radius 3 is 2.89 bits per heavy atom. The van der Waals surface area contributed by atoms with Crippen molar-refractivity contribution in [3.8, 4) is 12.3 Å². The van der Waals surface area contributed by atoms with Crippen LogP contribution in [0.25, 0.3) is 10.9 Å². The third-order valence-corrected chi connectivity index (χ3v) is 2.88. The molecule has 0 amide bonds. The Morgan fingerprint density at radius 1 is 1.53 bits per heavy atom. The minimum absolute atomic E-state index is 0.157. The fourth-order valence-electron chi connectivity index (χ4n) is 1.87. The summed E-state index contributed by atoms with van der Waals surface area (Å²) in [6.45, 7) is 1.96. The molecule has 19 heavy (non-hydrogen) atoms. The highest BCUT2D eigenvalue weighted by molar-refractivity contribution is 6.03. The molecule has 4 heteroatoms.